The lowest BCUT2D eigenvalue weighted by atomic mass is 9.82. The number of H-pyrrole nitrogens is 1. The van der Waals surface area contributed by atoms with Crippen LogP contribution in [-0.4, -0.2) is 47.1 Å². The third-order valence-electron chi connectivity index (χ3n) is 3.00. The lowest BCUT2D eigenvalue weighted by Crippen LogP contribution is -2.30. The van der Waals surface area contributed by atoms with Gasteiger partial charge < -0.3 is 10.0 Å². The van der Waals surface area contributed by atoms with Crippen molar-refractivity contribution >= 4 is 57.8 Å². The zero-order valence-corrected chi connectivity index (χ0v) is 18.8. The van der Waals surface area contributed by atoms with Crippen LogP contribution in [0, 0.1) is 19.0 Å². The van der Waals surface area contributed by atoms with E-state index in [0.717, 1.165) is 25.9 Å². The Bertz CT molecular complexity index is 1020. The molecule has 4 aromatic heterocycles. The van der Waals surface area contributed by atoms with Crippen molar-refractivity contribution in [2.45, 2.75) is 0 Å². The fourth-order valence-corrected chi connectivity index (χ4v) is 2.47. The Kier molecular flexibility index (Phi) is 9.55. The molecule has 0 saturated heterocycles. The fourth-order valence-electron chi connectivity index (χ4n) is 1.78. The summed E-state index contributed by atoms with van der Waals surface area (Å²) < 4.78 is 28.5. The molecule has 13 heteroatoms. The number of rotatable bonds is 2. The Morgan fingerprint density at radius 1 is 0.966 bits per heavy atom. The maximum atomic E-state index is 12.8. The number of pyridine rings is 2. The van der Waals surface area contributed by atoms with Crippen LogP contribution in [0.1, 0.15) is 0 Å². The molecule has 0 radical (unpaired) electrons. The van der Waals surface area contributed by atoms with Crippen LogP contribution in [0.15, 0.2) is 61.4 Å². The molecule has 4 rings (SSSR count). The first kappa shape index (κ1) is 23.3. The van der Waals surface area contributed by atoms with Gasteiger partial charge in [0.15, 0.2) is 0 Å². The first-order valence-electron chi connectivity index (χ1n) is 7.78. The van der Waals surface area contributed by atoms with E-state index in [2.05, 4.69) is 70.4 Å². The van der Waals surface area contributed by atoms with Crippen molar-refractivity contribution in [1.29, 1.82) is 0 Å². The number of halogens is 4. The molecular weight excluding hydrogens is 611 g/mol. The van der Waals surface area contributed by atoms with Crippen molar-refractivity contribution in [1.82, 2.24) is 29.9 Å². The summed E-state index contributed by atoms with van der Waals surface area (Å²) in [5.74, 6) is -0.936. The van der Waals surface area contributed by atoms with Gasteiger partial charge in [0, 0.05) is 30.1 Å². The van der Waals surface area contributed by atoms with Gasteiger partial charge in [0.05, 0.1) is 28.0 Å². The summed E-state index contributed by atoms with van der Waals surface area (Å²) in [5.41, 5.74) is 0.683. The molecular formula is C16H13BF2I2N6O2. The Morgan fingerprint density at radius 2 is 1.66 bits per heavy atom. The number of nitrogens with zero attached hydrogens (tertiary/aromatic N) is 5. The van der Waals surface area contributed by atoms with Crippen LogP contribution in [0.2, 0.25) is 0 Å². The standard InChI is InChI=1S/C8H5FIN3.C5H5BFNO2.C3H3IN2/c9-6-3-7(5-11-4-6)13-2-1-8(10)12-13;7-5-1-4(6(9)10)2-8-3-5;4-3-1-2-5-6-3/h1-5H;1-3,9-10H;1-2H,(H,5,6). The highest BCUT2D eigenvalue weighted by Crippen LogP contribution is 2.08. The van der Waals surface area contributed by atoms with Gasteiger partial charge in [-0.3, -0.25) is 15.1 Å². The second-order valence-corrected chi connectivity index (χ2v) is 7.43. The minimum atomic E-state index is -1.65. The summed E-state index contributed by atoms with van der Waals surface area (Å²) in [6, 6.07) is 6.14. The molecule has 0 unspecified atom stereocenters. The van der Waals surface area contributed by atoms with E-state index in [1.807, 2.05) is 12.1 Å². The molecule has 3 N–H and O–H groups in total. The van der Waals surface area contributed by atoms with Crippen LogP contribution in [-0.2, 0) is 0 Å². The van der Waals surface area contributed by atoms with Crippen LogP contribution in [0.25, 0.3) is 5.69 Å². The van der Waals surface area contributed by atoms with Gasteiger partial charge in [0.25, 0.3) is 0 Å². The van der Waals surface area contributed by atoms with Gasteiger partial charge in [0.1, 0.15) is 15.3 Å². The molecule has 0 atom stereocenters. The first-order valence-corrected chi connectivity index (χ1v) is 9.94. The van der Waals surface area contributed by atoms with Crippen LogP contribution < -0.4 is 5.46 Å². The van der Waals surface area contributed by atoms with Crippen molar-refractivity contribution in [2.75, 3.05) is 0 Å². The normalized spacial score (nSPS) is 9.72. The van der Waals surface area contributed by atoms with Crippen LogP contribution in [0.4, 0.5) is 8.78 Å². The second-order valence-electron chi connectivity index (χ2n) is 5.16. The van der Waals surface area contributed by atoms with E-state index >= 15 is 0 Å². The second kappa shape index (κ2) is 11.9. The fraction of sp³-hybridized carbons (Fsp3) is 0. The molecule has 8 nitrogen and oxygen atoms in total. The van der Waals surface area contributed by atoms with Crippen molar-refractivity contribution in [2.24, 2.45) is 0 Å². The molecule has 0 spiro atoms. The minimum Gasteiger partial charge on any atom is -0.423 e. The van der Waals surface area contributed by atoms with E-state index in [-0.39, 0.29) is 11.3 Å². The third-order valence-corrected chi connectivity index (χ3v) is 4.18. The molecule has 0 aromatic carbocycles. The summed E-state index contributed by atoms with van der Waals surface area (Å²) >= 11 is 4.25. The number of nitrogens with one attached hydrogen (secondary N) is 1. The topological polar surface area (TPSA) is 113 Å². The predicted molar refractivity (Wildman–Crippen MR) is 119 cm³/mol. The van der Waals surface area contributed by atoms with E-state index in [1.165, 1.54) is 12.3 Å². The van der Waals surface area contributed by atoms with E-state index < -0.39 is 12.9 Å². The SMILES string of the molecule is Fc1cncc(-n2ccc(I)n2)c1.Ic1ccn[nH]1.OB(O)c1cncc(F)c1. The Morgan fingerprint density at radius 3 is 2.07 bits per heavy atom. The molecule has 0 aliphatic heterocycles. The van der Waals surface area contributed by atoms with Gasteiger partial charge in [0.2, 0.25) is 0 Å². The Balaban J connectivity index is 0.000000166. The summed E-state index contributed by atoms with van der Waals surface area (Å²) in [7, 11) is -1.65. The largest absolute Gasteiger partial charge is 0.490 e. The van der Waals surface area contributed by atoms with E-state index in [0.29, 0.717) is 5.69 Å². The summed E-state index contributed by atoms with van der Waals surface area (Å²) in [6.07, 6.45) is 8.39. The Labute approximate surface area is 191 Å². The predicted octanol–water partition coefficient (Wildman–Crippen LogP) is 1.93. The molecule has 29 heavy (non-hydrogen) atoms. The molecule has 0 amide bonds. The highest BCUT2D eigenvalue weighted by molar-refractivity contribution is 14.1. The summed E-state index contributed by atoms with van der Waals surface area (Å²) in [5, 5.41) is 27.5. The number of aromatic amines is 1. The van der Waals surface area contributed by atoms with Crippen molar-refractivity contribution < 1.29 is 18.8 Å². The zero-order valence-electron chi connectivity index (χ0n) is 14.5. The maximum absolute atomic E-state index is 12.8. The average molecular weight is 624 g/mol. The van der Waals surface area contributed by atoms with Gasteiger partial charge in [-0.15, -0.1) is 0 Å². The van der Waals surface area contributed by atoms with Gasteiger partial charge in [-0.25, -0.2) is 13.5 Å². The smallest absolute Gasteiger partial charge is 0.423 e. The average Bonchev–Trinajstić information content (AvgIpc) is 3.34. The minimum absolute atomic E-state index is 0.0556. The molecule has 0 aliphatic rings. The van der Waals surface area contributed by atoms with Crippen LogP contribution in [0.5, 0.6) is 0 Å². The van der Waals surface area contributed by atoms with E-state index in [4.69, 9.17) is 10.0 Å². The van der Waals surface area contributed by atoms with E-state index in [1.54, 1.807) is 23.3 Å². The summed E-state index contributed by atoms with van der Waals surface area (Å²) in [4.78, 5) is 7.14. The van der Waals surface area contributed by atoms with Crippen molar-refractivity contribution in [3.63, 3.8) is 0 Å². The Hall–Kier alpha value is -1.98. The number of hydrogen-bond acceptors (Lipinski definition) is 6. The molecule has 0 aliphatic carbocycles. The monoisotopic (exact) mass is 624 g/mol. The number of hydrogen-bond donors (Lipinski definition) is 3. The highest BCUT2D eigenvalue weighted by atomic mass is 127. The third kappa shape index (κ3) is 8.51. The van der Waals surface area contributed by atoms with Gasteiger partial charge in [-0.1, -0.05) is 0 Å². The molecule has 0 fully saturated rings. The molecule has 0 bridgehead atoms. The van der Waals surface area contributed by atoms with E-state index in [9.17, 15) is 8.78 Å². The van der Waals surface area contributed by atoms with Crippen molar-refractivity contribution in [3.05, 3.63) is 80.5 Å². The molecule has 4 heterocycles. The molecule has 4 aromatic rings. The zero-order chi connectivity index (χ0) is 21.2. The van der Waals surface area contributed by atoms with Gasteiger partial charge in [-0.05, 0) is 63.4 Å². The quantitative estimate of drug-likeness (QED) is 0.233. The van der Waals surface area contributed by atoms with Gasteiger partial charge in [-0.2, -0.15) is 10.2 Å². The van der Waals surface area contributed by atoms with Crippen molar-refractivity contribution in [3.8, 4) is 5.69 Å². The van der Waals surface area contributed by atoms with Gasteiger partial charge >= 0.3 is 7.12 Å². The molecule has 150 valence electrons. The lowest BCUT2D eigenvalue weighted by molar-refractivity contribution is 0.425. The molecule has 0 saturated carbocycles. The van der Waals surface area contributed by atoms with Crippen LogP contribution in [0.3, 0.4) is 0 Å². The lowest BCUT2D eigenvalue weighted by Gasteiger charge is -1.98. The highest BCUT2D eigenvalue weighted by Gasteiger charge is 2.10. The first-order chi connectivity index (χ1) is 13.8. The van der Waals surface area contributed by atoms with Crippen LogP contribution >= 0.6 is 45.2 Å². The summed E-state index contributed by atoms with van der Waals surface area (Å²) in [6.45, 7) is 0. The maximum Gasteiger partial charge on any atom is 0.490 e. The number of aromatic nitrogens is 6.